The fourth-order valence-electron chi connectivity index (χ4n) is 2.07. The van der Waals surface area contributed by atoms with Crippen LogP contribution in [0.5, 0.6) is 0 Å². The molecule has 1 saturated heterocycles. The molecule has 0 aliphatic carbocycles. The standard InChI is InChI=1S/C13H15NO4/c1-8(12(15)17-2)10-11(18-13(16)14-10)9-6-4-3-5-7-9/h3-8,10-11H,1-2H3,(H,14,16)/t8-,10+,11-/m1/s1. The van der Waals surface area contributed by atoms with E-state index in [4.69, 9.17) is 9.47 Å². The molecule has 5 nitrogen and oxygen atoms in total. The molecule has 1 aromatic carbocycles. The first-order chi connectivity index (χ1) is 8.63. The van der Waals surface area contributed by atoms with Gasteiger partial charge in [0.1, 0.15) is 6.10 Å². The number of hydrogen-bond acceptors (Lipinski definition) is 4. The molecule has 2 rings (SSSR count). The van der Waals surface area contributed by atoms with Gasteiger partial charge in [0.25, 0.3) is 0 Å². The van der Waals surface area contributed by atoms with Crippen LogP contribution in [0.2, 0.25) is 0 Å². The Hall–Kier alpha value is -2.04. The Morgan fingerprint density at radius 1 is 1.39 bits per heavy atom. The molecular weight excluding hydrogens is 234 g/mol. The predicted molar refractivity (Wildman–Crippen MR) is 63.8 cm³/mol. The maximum Gasteiger partial charge on any atom is 0.408 e. The van der Waals surface area contributed by atoms with Gasteiger partial charge in [0.2, 0.25) is 0 Å². The molecule has 0 aromatic heterocycles. The zero-order valence-electron chi connectivity index (χ0n) is 10.3. The first kappa shape index (κ1) is 12.4. The van der Waals surface area contributed by atoms with Crippen molar-refractivity contribution in [2.75, 3.05) is 7.11 Å². The third kappa shape index (κ3) is 2.30. The number of carbonyl (C=O) groups excluding carboxylic acids is 2. The number of benzene rings is 1. The summed E-state index contributed by atoms with van der Waals surface area (Å²) in [5.41, 5.74) is 0.858. The molecule has 1 amide bonds. The highest BCUT2D eigenvalue weighted by atomic mass is 16.6. The maximum absolute atomic E-state index is 11.6. The molecule has 0 radical (unpaired) electrons. The zero-order valence-corrected chi connectivity index (χ0v) is 10.3. The highest BCUT2D eigenvalue weighted by molar-refractivity contribution is 5.76. The van der Waals surface area contributed by atoms with E-state index < -0.39 is 24.2 Å². The highest BCUT2D eigenvalue weighted by Crippen LogP contribution is 2.30. The van der Waals surface area contributed by atoms with Gasteiger partial charge >= 0.3 is 12.1 Å². The number of nitrogens with one attached hydrogen (secondary N) is 1. The van der Waals surface area contributed by atoms with Crippen LogP contribution in [0.25, 0.3) is 0 Å². The molecule has 3 atom stereocenters. The van der Waals surface area contributed by atoms with Crippen LogP contribution < -0.4 is 5.32 Å². The number of rotatable bonds is 3. The molecule has 0 spiro atoms. The lowest BCUT2D eigenvalue weighted by atomic mass is 9.93. The summed E-state index contributed by atoms with van der Waals surface area (Å²) in [5, 5.41) is 2.66. The zero-order chi connectivity index (χ0) is 13.1. The largest absolute Gasteiger partial charge is 0.469 e. The van der Waals surface area contributed by atoms with E-state index in [0.29, 0.717) is 0 Å². The molecule has 96 valence electrons. The Bertz CT molecular complexity index is 446. The van der Waals surface area contributed by atoms with Crippen molar-refractivity contribution >= 4 is 12.1 Å². The first-order valence-electron chi connectivity index (χ1n) is 5.73. The van der Waals surface area contributed by atoms with Crippen LogP contribution in [0.15, 0.2) is 30.3 Å². The van der Waals surface area contributed by atoms with Gasteiger partial charge in [-0.05, 0) is 12.5 Å². The topological polar surface area (TPSA) is 64.6 Å². The highest BCUT2D eigenvalue weighted by Gasteiger charge is 2.41. The molecule has 1 aromatic rings. The summed E-state index contributed by atoms with van der Waals surface area (Å²) >= 11 is 0. The van der Waals surface area contributed by atoms with Crippen molar-refractivity contribution in [3.05, 3.63) is 35.9 Å². The average Bonchev–Trinajstić information content (AvgIpc) is 2.80. The van der Waals surface area contributed by atoms with Gasteiger partial charge in [0.15, 0.2) is 0 Å². The lowest BCUT2D eigenvalue weighted by molar-refractivity contribution is -0.146. The lowest BCUT2D eigenvalue weighted by Crippen LogP contribution is -2.38. The Morgan fingerprint density at radius 2 is 2.06 bits per heavy atom. The molecule has 0 bridgehead atoms. The minimum absolute atomic E-state index is 0.369. The number of alkyl carbamates (subject to hydrolysis) is 1. The van der Waals surface area contributed by atoms with Crippen LogP contribution in [-0.2, 0) is 14.3 Å². The molecule has 0 unspecified atom stereocenters. The van der Waals surface area contributed by atoms with Gasteiger partial charge in [0, 0.05) is 0 Å². The Labute approximate surface area is 105 Å². The molecule has 1 fully saturated rings. The van der Waals surface area contributed by atoms with Gasteiger partial charge in [-0.1, -0.05) is 30.3 Å². The summed E-state index contributed by atoms with van der Waals surface area (Å²) in [6.45, 7) is 1.71. The number of hydrogen-bond donors (Lipinski definition) is 1. The second-order valence-corrected chi connectivity index (χ2v) is 4.22. The van der Waals surface area contributed by atoms with E-state index in [2.05, 4.69) is 5.32 Å². The Balaban J connectivity index is 2.23. The van der Waals surface area contributed by atoms with Crippen molar-refractivity contribution in [3.8, 4) is 0 Å². The van der Waals surface area contributed by atoms with Crippen LogP contribution in [0.4, 0.5) is 4.79 Å². The van der Waals surface area contributed by atoms with Gasteiger partial charge in [-0.2, -0.15) is 0 Å². The molecular formula is C13H15NO4. The lowest BCUT2D eigenvalue weighted by Gasteiger charge is -2.21. The number of amides is 1. The van der Waals surface area contributed by atoms with Crippen LogP contribution >= 0.6 is 0 Å². The number of methoxy groups -OCH3 is 1. The third-order valence-corrected chi connectivity index (χ3v) is 3.08. The minimum Gasteiger partial charge on any atom is -0.469 e. The molecule has 1 aliphatic heterocycles. The van der Waals surface area contributed by atoms with Gasteiger partial charge in [-0.3, -0.25) is 4.79 Å². The van der Waals surface area contributed by atoms with Crippen LogP contribution in [0, 0.1) is 5.92 Å². The summed E-state index contributed by atoms with van der Waals surface area (Å²) in [5.74, 6) is -0.835. The van der Waals surface area contributed by atoms with Gasteiger partial charge in [-0.15, -0.1) is 0 Å². The fraction of sp³-hybridized carbons (Fsp3) is 0.385. The van der Waals surface area contributed by atoms with Gasteiger partial charge < -0.3 is 14.8 Å². The SMILES string of the molecule is COC(=O)[C@H](C)[C@@H]1NC(=O)O[C@@H]1c1ccccc1. The van der Waals surface area contributed by atoms with Crippen LogP contribution in [0.1, 0.15) is 18.6 Å². The van der Waals surface area contributed by atoms with Gasteiger partial charge in [-0.25, -0.2) is 4.79 Å². The summed E-state index contributed by atoms with van der Waals surface area (Å²) in [4.78, 5) is 22.9. The van der Waals surface area contributed by atoms with Crippen LogP contribution in [0.3, 0.4) is 0 Å². The van der Waals surface area contributed by atoms with Crippen molar-refractivity contribution in [1.82, 2.24) is 5.32 Å². The summed E-state index contributed by atoms with van der Waals surface area (Å²) < 4.78 is 9.92. The molecule has 1 aliphatic rings. The van der Waals surface area contributed by atoms with E-state index in [9.17, 15) is 9.59 Å². The molecule has 0 saturated carbocycles. The van der Waals surface area contributed by atoms with E-state index in [1.807, 2.05) is 30.3 Å². The Kier molecular flexibility index (Phi) is 3.50. The summed E-state index contributed by atoms with van der Waals surface area (Å²) in [6.07, 6.45) is -0.975. The van der Waals surface area contributed by atoms with Crippen molar-refractivity contribution in [1.29, 1.82) is 0 Å². The van der Waals surface area contributed by atoms with Crippen molar-refractivity contribution in [3.63, 3.8) is 0 Å². The number of carbonyl (C=O) groups is 2. The van der Waals surface area contributed by atoms with E-state index >= 15 is 0 Å². The monoisotopic (exact) mass is 249 g/mol. The first-order valence-corrected chi connectivity index (χ1v) is 5.73. The predicted octanol–water partition coefficient (Wildman–Crippen LogP) is 1.65. The third-order valence-electron chi connectivity index (χ3n) is 3.08. The van der Waals surface area contributed by atoms with Crippen molar-refractivity contribution in [2.45, 2.75) is 19.1 Å². The molecule has 5 heteroatoms. The molecule has 1 heterocycles. The van der Waals surface area contributed by atoms with E-state index in [-0.39, 0.29) is 5.97 Å². The van der Waals surface area contributed by atoms with E-state index in [1.165, 1.54) is 7.11 Å². The number of cyclic esters (lactones) is 1. The quantitative estimate of drug-likeness (QED) is 0.827. The van der Waals surface area contributed by atoms with Crippen molar-refractivity contribution in [2.24, 2.45) is 5.92 Å². The van der Waals surface area contributed by atoms with Crippen molar-refractivity contribution < 1.29 is 19.1 Å². The molecule has 18 heavy (non-hydrogen) atoms. The number of ether oxygens (including phenoxy) is 2. The van der Waals surface area contributed by atoms with E-state index in [0.717, 1.165) is 5.56 Å². The summed E-state index contributed by atoms with van der Waals surface area (Å²) in [6, 6.07) is 8.92. The second kappa shape index (κ2) is 5.08. The molecule has 1 N–H and O–H groups in total. The smallest absolute Gasteiger partial charge is 0.408 e. The number of esters is 1. The van der Waals surface area contributed by atoms with Crippen LogP contribution in [-0.4, -0.2) is 25.2 Å². The Morgan fingerprint density at radius 3 is 2.67 bits per heavy atom. The average molecular weight is 249 g/mol. The van der Waals surface area contributed by atoms with Gasteiger partial charge in [0.05, 0.1) is 19.1 Å². The fourth-order valence-corrected chi connectivity index (χ4v) is 2.07. The maximum atomic E-state index is 11.6. The minimum atomic E-state index is -0.510. The summed E-state index contributed by atoms with van der Waals surface area (Å²) in [7, 11) is 1.33. The second-order valence-electron chi connectivity index (χ2n) is 4.22. The van der Waals surface area contributed by atoms with E-state index in [1.54, 1.807) is 6.92 Å². The normalized spacial score (nSPS) is 24.0.